The molecule has 0 spiro atoms. The number of hydrogen-bond donors (Lipinski definition) is 1. The number of aryl methyl sites for hydroxylation is 1. The summed E-state index contributed by atoms with van der Waals surface area (Å²) in [7, 11) is 1.57. The van der Waals surface area contributed by atoms with Crippen molar-refractivity contribution in [2.75, 3.05) is 19.0 Å². The number of para-hydroxylation sites is 1. The zero-order chi connectivity index (χ0) is 25.1. The number of methoxy groups -OCH3 is 1. The van der Waals surface area contributed by atoms with E-state index in [2.05, 4.69) is 21.2 Å². The summed E-state index contributed by atoms with van der Waals surface area (Å²) in [6.07, 6.45) is 0. The maximum atomic E-state index is 13.8. The Hall–Kier alpha value is -3.65. The minimum atomic E-state index is -0.519. The van der Waals surface area contributed by atoms with Crippen LogP contribution >= 0.6 is 15.9 Å². The fraction of sp³-hybridized carbons (Fsp3) is 0.222. The lowest BCUT2D eigenvalue weighted by Gasteiger charge is -2.30. The Labute approximate surface area is 212 Å². The first-order chi connectivity index (χ1) is 16.8. The number of carbonyl (C=O) groups is 1. The van der Waals surface area contributed by atoms with Crippen LogP contribution in [0.25, 0.3) is 16.6 Å². The third-order valence-corrected chi connectivity index (χ3v) is 6.39. The van der Waals surface area contributed by atoms with Crippen LogP contribution in [0.2, 0.25) is 0 Å². The van der Waals surface area contributed by atoms with Crippen molar-refractivity contribution in [2.24, 2.45) is 0 Å². The maximum absolute atomic E-state index is 13.8. The van der Waals surface area contributed by atoms with E-state index in [1.807, 2.05) is 81.4 Å². The van der Waals surface area contributed by atoms with Gasteiger partial charge < -0.3 is 15.0 Å². The summed E-state index contributed by atoms with van der Waals surface area (Å²) in [6, 6.07) is 19.5. The highest BCUT2D eigenvalue weighted by atomic mass is 79.9. The minimum Gasteiger partial charge on any atom is -0.495 e. The molecule has 8 heteroatoms. The standard InChI is InChI=1S/C27H27BrN4O3/c1-5-31(27(34)29-20-10-8-9-19(28)16-20)18(3)25-30-22-12-7-6-11-21(22)26(33)32(25)23-15-17(2)13-14-24(23)35-4/h6-16,18H,5H2,1-4H3,(H,29,34). The summed E-state index contributed by atoms with van der Waals surface area (Å²) in [6.45, 7) is 6.14. The monoisotopic (exact) mass is 534 g/mol. The molecule has 1 aromatic heterocycles. The highest BCUT2D eigenvalue weighted by Crippen LogP contribution is 2.29. The Morgan fingerprint density at radius 1 is 1.14 bits per heavy atom. The number of aromatic nitrogens is 2. The molecular formula is C27H27BrN4O3. The molecule has 4 rings (SSSR count). The van der Waals surface area contributed by atoms with Crippen molar-refractivity contribution in [2.45, 2.75) is 26.8 Å². The average molecular weight is 535 g/mol. The SMILES string of the molecule is CCN(C(=O)Nc1cccc(Br)c1)C(C)c1nc2ccccc2c(=O)n1-c1cc(C)ccc1OC. The molecule has 0 aliphatic heterocycles. The van der Waals surface area contributed by atoms with Crippen LogP contribution in [0, 0.1) is 6.92 Å². The van der Waals surface area contributed by atoms with Gasteiger partial charge in [0.1, 0.15) is 11.6 Å². The molecule has 4 aromatic rings. The topological polar surface area (TPSA) is 76.5 Å². The average Bonchev–Trinajstić information content (AvgIpc) is 2.84. The third kappa shape index (κ3) is 4.93. The van der Waals surface area contributed by atoms with Gasteiger partial charge in [0.15, 0.2) is 0 Å². The van der Waals surface area contributed by atoms with E-state index >= 15 is 0 Å². The Balaban J connectivity index is 1.87. The lowest BCUT2D eigenvalue weighted by atomic mass is 10.1. The van der Waals surface area contributed by atoms with E-state index in [4.69, 9.17) is 9.72 Å². The van der Waals surface area contributed by atoms with E-state index in [1.165, 1.54) is 0 Å². The first kappa shape index (κ1) is 24.5. The highest BCUT2D eigenvalue weighted by Gasteiger charge is 2.27. The molecule has 2 amide bonds. The van der Waals surface area contributed by atoms with Crippen molar-refractivity contribution in [1.29, 1.82) is 0 Å². The van der Waals surface area contributed by atoms with Crippen LogP contribution in [-0.4, -0.2) is 34.1 Å². The van der Waals surface area contributed by atoms with Gasteiger partial charge in [-0.25, -0.2) is 9.78 Å². The number of fused-ring (bicyclic) bond motifs is 1. The first-order valence-corrected chi connectivity index (χ1v) is 12.1. The highest BCUT2D eigenvalue weighted by molar-refractivity contribution is 9.10. The Morgan fingerprint density at radius 3 is 2.63 bits per heavy atom. The lowest BCUT2D eigenvalue weighted by molar-refractivity contribution is 0.193. The molecule has 3 aromatic carbocycles. The van der Waals surface area contributed by atoms with Crippen LogP contribution in [0.4, 0.5) is 10.5 Å². The molecule has 180 valence electrons. The summed E-state index contributed by atoms with van der Waals surface area (Å²) in [5.41, 5.74) is 2.58. The molecule has 1 heterocycles. The van der Waals surface area contributed by atoms with Crippen molar-refractivity contribution < 1.29 is 9.53 Å². The molecular weight excluding hydrogens is 508 g/mol. The molecule has 0 saturated heterocycles. The quantitative estimate of drug-likeness (QED) is 0.325. The van der Waals surface area contributed by atoms with Gasteiger partial charge in [0.25, 0.3) is 5.56 Å². The molecule has 0 bridgehead atoms. The van der Waals surface area contributed by atoms with Crippen molar-refractivity contribution >= 4 is 38.6 Å². The summed E-state index contributed by atoms with van der Waals surface area (Å²) in [5, 5.41) is 3.44. The van der Waals surface area contributed by atoms with E-state index in [9.17, 15) is 9.59 Å². The van der Waals surface area contributed by atoms with Crippen LogP contribution in [0.5, 0.6) is 5.75 Å². The minimum absolute atomic E-state index is 0.218. The number of anilines is 1. The van der Waals surface area contributed by atoms with Gasteiger partial charge in [0.05, 0.1) is 29.7 Å². The van der Waals surface area contributed by atoms with Crippen molar-refractivity contribution in [1.82, 2.24) is 14.5 Å². The zero-order valence-electron chi connectivity index (χ0n) is 20.1. The largest absolute Gasteiger partial charge is 0.495 e. The smallest absolute Gasteiger partial charge is 0.322 e. The number of hydrogen-bond acceptors (Lipinski definition) is 4. The van der Waals surface area contributed by atoms with E-state index < -0.39 is 6.04 Å². The number of nitrogens with one attached hydrogen (secondary N) is 1. The van der Waals surface area contributed by atoms with E-state index in [1.54, 1.807) is 22.6 Å². The molecule has 7 nitrogen and oxygen atoms in total. The number of carbonyl (C=O) groups excluding carboxylic acids is 1. The van der Waals surface area contributed by atoms with Crippen LogP contribution < -0.4 is 15.6 Å². The van der Waals surface area contributed by atoms with Gasteiger partial charge in [-0.2, -0.15) is 0 Å². The lowest BCUT2D eigenvalue weighted by Crippen LogP contribution is -2.39. The number of urea groups is 1. The van der Waals surface area contributed by atoms with Crippen LogP contribution in [-0.2, 0) is 0 Å². The van der Waals surface area contributed by atoms with Gasteiger partial charge in [-0.05, 0) is 68.8 Å². The number of benzene rings is 3. The summed E-state index contributed by atoms with van der Waals surface area (Å²) in [5.74, 6) is 0.994. The summed E-state index contributed by atoms with van der Waals surface area (Å²) in [4.78, 5) is 33.6. The fourth-order valence-electron chi connectivity index (χ4n) is 4.13. The summed E-state index contributed by atoms with van der Waals surface area (Å²) >= 11 is 3.43. The van der Waals surface area contributed by atoms with Gasteiger partial charge in [-0.15, -0.1) is 0 Å². The number of rotatable bonds is 6. The van der Waals surface area contributed by atoms with Gasteiger partial charge in [-0.3, -0.25) is 9.36 Å². The Bertz CT molecular complexity index is 1450. The van der Waals surface area contributed by atoms with Gasteiger partial charge in [-0.1, -0.05) is 40.2 Å². The predicted molar refractivity (Wildman–Crippen MR) is 143 cm³/mol. The van der Waals surface area contributed by atoms with E-state index in [0.29, 0.717) is 40.4 Å². The first-order valence-electron chi connectivity index (χ1n) is 11.3. The molecule has 0 radical (unpaired) electrons. The molecule has 1 atom stereocenters. The second-order valence-electron chi connectivity index (χ2n) is 8.21. The van der Waals surface area contributed by atoms with Crippen LogP contribution in [0.1, 0.15) is 31.3 Å². The molecule has 1 N–H and O–H groups in total. The molecule has 0 aliphatic rings. The van der Waals surface area contributed by atoms with Crippen molar-refractivity contribution in [3.05, 3.63) is 92.9 Å². The second-order valence-corrected chi connectivity index (χ2v) is 9.12. The molecule has 35 heavy (non-hydrogen) atoms. The van der Waals surface area contributed by atoms with Crippen LogP contribution in [0.3, 0.4) is 0 Å². The maximum Gasteiger partial charge on any atom is 0.322 e. The third-order valence-electron chi connectivity index (χ3n) is 5.90. The molecule has 1 unspecified atom stereocenters. The molecule has 0 saturated carbocycles. The molecule has 0 aliphatic carbocycles. The van der Waals surface area contributed by atoms with E-state index in [-0.39, 0.29) is 11.6 Å². The predicted octanol–water partition coefficient (Wildman–Crippen LogP) is 6.08. The Morgan fingerprint density at radius 2 is 1.91 bits per heavy atom. The summed E-state index contributed by atoms with van der Waals surface area (Å²) < 4.78 is 8.02. The number of halogens is 1. The van der Waals surface area contributed by atoms with Gasteiger partial charge in [0.2, 0.25) is 0 Å². The van der Waals surface area contributed by atoms with E-state index in [0.717, 1.165) is 10.0 Å². The fourth-order valence-corrected chi connectivity index (χ4v) is 4.53. The van der Waals surface area contributed by atoms with Gasteiger partial charge in [0, 0.05) is 16.7 Å². The number of ether oxygens (including phenoxy) is 1. The van der Waals surface area contributed by atoms with Crippen molar-refractivity contribution in [3.8, 4) is 11.4 Å². The second kappa shape index (κ2) is 10.3. The zero-order valence-corrected chi connectivity index (χ0v) is 21.7. The number of amides is 2. The molecule has 0 fully saturated rings. The van der Waals surface area contributed by atoms with Gasteiger partial charge >= 0.3 is 6.03 Å². The van der Waals surface area contributed by atoms with Crippen molar-refractivity contribution in [3.63, 3.8) is 0 Å². The Kier molecular flexibility index (Phi) is 7.21. The number of nitrogens with zero attached hydrogens (tertiary/aromatic N) is 3. The normalized spacial score (nSPS) is 11.8. The van der Waals surface area contributed by atoms with Crippen LogP contribution in [0.15, 0.2) is 76.0 Å².